The van der Waals surface area contributed by atoms with Crippen LogP contribution in [0.3, 0.4) is 0 Å². The number of carbonyl (C=O) groups is 1. The fourth-order valence-electron chi connectivity index (χ4n) is 3.83. The summed E-state index contributed by atoms with van der Waals surface area (Å²) in [5.41, 5.74) is 5.42. The molecular formula is C23H21ClN6O. The first-order chi connectivity index (χ1) is 15.1. The number of aromatic nitrogens is 6. The molecule has 0 bridgehead atoms. The van der Waals surface area contributed by atoms with E-state index in [1.807, 2.05) is 41.1 Å². The summed E-state index contributed by atoms with van der Waals surface area (Å²) in [5.74, 6) is 0.0395. The van der Waals surface area contributed by atoms with Crippen LogP contribution in [0.1, 0.15) is 40.8 Å². The lowest BCUT2D eigenvalue weighted by atomic mass is 10.1. The maximum absolute atomic E-state index is 12.7. The van der Waals surface area contributed by atoms with Gasteiger partial charge >= 0.3 is 0 Å². The highest BCUT2D eigenvalue weighted by atomic mass is 35.5. The highest BCUT2D eigenvalue weighted by Crippen LogP contribution is 2.18. The number of imidazole rings is 2. The average molecular weight is 433 g/mol. The van der Waals surface area contributed by atoms with Crippen LogP contribution in [0.25, 0.3) is 11.2 Å². The molecule has 0 spiro atoms. The van der Waals surface area contributed by atoms with Gasteiger partial charge in [-0.1, -0.05) is 24.6 Å². The van der Waals surface area contributed by atoms with Crippen LogP contribution in [0.4, 0.5) is 0 Å². The molecule has 5 rings (SSSR count). The first-order valence-corrected chi connectivity index (χ1v) is 10.6. The summed E-state index contributed by atoms with van der Waals surface area (Å²) in [6.07, 6.45) is 10.9. The second-order valence-electron chi connectivity index (χ2n) is 7.51. The van der Waals surface area contributed by atoms with E-state index in [0.29, 0.717) is 30.0 Å². The van der Waals surface area contributed by atoms with Crippen molar-refractivity contribution in [2.45, 2.75) is 32.7 Å². The van der Waals surface area contributed by atoms with Gasteiger partial charge in [-0.2, -0.15) is 5.10 Å². The molecule has 0 aliphatic heterocycles. The molecule has 156 valence electrons. The Morgan fingerprint density at radius 1 is 1.19 bits per heavy atom. The van der Waals surface area contributed by atoms with E-state index in [-0.39, 0.29) is 5.78 Å². The van der Waals surface area contributed by atoms with Gasteiger partial charge in [0.1, 0.15) is 5.65 Å². The molecule has 5 aromatic rings. The lowest BCUT2D eigenvalue weighted by Gasteiger charge is -2.00. The molecule has 8 heteroatoms. The monoisotopic (exact) mass is 432 g/mol. The van der Waals surface area contributed by atoms with Gasteiger partial charge < -0.3 is 8.80 Å². The number of rotatable bonds is 7. The van der Waals surface area contributed by atoms with Crippen LogP contribution >= 0.6 is 11.6 Å². The highest BCUT2D eigenvalue weighted by Gasteiger charge is 2.13. The molecule has 0 atom stereocenters. The molecule has 0 aliphatic rings. The standard InChI is InChI=1S/C23H21ClN6O/c1-2-19-4-3-5-23-27-18(14-30(19)23)13-29-12-16(11-26-29)22(31)7-6-20-21-10-17(24)8-9-28(21)15-25-20/h3-5,8-12,14-15H,2,6-7,13H2,1H3. The number of hydrogen-bond acceptors (Lipinski definition) is 4. The van der Waals surface area contributed by atoms with Gasteiger partial charge in [0.2, 0.25) is 0 Å². The second-order valence-corrected chi connectivity index (χ2v) is 7.95. The van der Waals surface area contributed by atoms with Gasteiger partial charge in [-0.05, 0) is 37.1 Å². The summed E-state index contributed by atoms with van der Waals surface area (Å²) in [5, 5.41) is 5.01. The van der Waals surface area contributed by atoms with Gasteiger partial charge in [-0.25, -0.2) is 9.97 Å². The van der Waals surface area contributed by atoms with Crippen molar-refractivity contribution in [1.29, 1.82) is 0 Å². The van der Waals surface area contributed by atoms with Gasteiger partial charge in [0.05, 0.1) is 41.5 Å². The van der Waals surface area contributed by atoms with E-state index in [2.05, 4.69) is 32.5 Å². The molecule has 5 heterocycles. The Morgan fingerprint density at radius 3 is 2.97 bits per heavy atom. The molecule has 0 amide bonds. The first-order valence-electron chi connectivity index (χ1n) is 10.2. The molecule has 0 fully saturated rings. The van der Waals surface area contributed by atoms with E-state index in [1.54, 1.807) is 23.4 Å². The zero-order chi connectivity index (χ0) is 21.4. The van der Waals surface area contributed by atoms with E-state index in [9.17, 15) is 4.79 Å². The summed E-state index contributed by atoms with van der Waals surface area (Å²) < 4.78 is 5.77. The second kappa shape index (κ2) is 8.00. The van der Waals surface area contributed by atoms with Crippen LogP contribution < -0.4 is 0 Å². The number of hydrogen-bond donors (Lipinski definition) is 0. The molecule has 0 N–H and O–H groups in total. The molecule has 0 radical (unpaired) electrons. The number of aryl methyl sites for hydroxylation is 2. The van der Waals surface area contributed by atoms with Crippen molar-refractivity contribution < 1.29 is 4.79 Å². The summed E-state index contributed by atoms with van der Waals surface area (Å²) in [4.78, 5) is 21.8. The fourth-order valence-corrected chi connectivity index (χ4v) is 3.99. The minimum absolute atomic E-state index is 0.0395. The van der Waals surface area contributed by atoms with Crippen LogP contribution in [-0.2, 0) is 19.4 Å². The van der Waals surface area contributed by atoms with Crippen LogP contribution in [-0.4, -0.2) is 34.3 Å². The molecule has 31 heavy (non-hydrogen) atoms. The van der Waals surface area contributed by atoms with Crippen molar-refractivity contribution in [2.75, 3.05) is 0 Å². The third-order valence-electron chi connectivity index (χ3n) is 5.44. The van der Waals surface area contributed by atoms with Gasteiger partial charge in [-0.3, -0.25) is 9.48 Å². The number of pyridine rings is 2. The Kier molecular flexibility index (Phi) is 5.03. The zero-order valence-electron chi connectivity index (χ0n) is 17.1. The molecule has 0 aromatic carbocycles. The Labute approximate surface area is 183 Å². The van der Waals surface area contributed by atoms with Crippen molar-refractivity contribution >= 4 is 28.5 Å². The van der Waals surface area contributed by atoms with Crippen LogP contribution in [0.2, 0.25) is 5.02 Å². The lowest BCUT2D eigenvalue weighted by Crippen LogP contribution is -2.02. The number of Topliss-reactive ketones (excluding diaryl/α,β-unsaturated/α-hetero) is 1. The molecule has 0 saturated heterocycles. The summed E-state index contributed by atoms with van der Waals surface area (Å²) in [6, 6.07) is 9.79. The Bertz CT molecular complexity index is 1400. The van der Waals surface area contributed by atoms with Gasteiger partial charge in [0, 0.05) is 35.7 Å². The van der Waals surface area contributed by atoms with E-state index in [4.69, 9.17) is 11.6 Å². The molecule has 7 nitrogen and oxygen atoms in total. The van der Waals surface area contributed by atoms with Gasteiger partial charge in [0.25, 0.3) is 0 Å². The zero-order valence-corrected chi connectivity index (χ0v) is 17.8. The van der Waals surface area contributed by atoms with E-state index in [1.165, 1.54) is 5.69 Å². The summed E-state index contributed by atoms with van der Waals surface area (Å²) in [7, 11) is 0. The predicted molar refractivity (Wildman–Crippen MR) is 119 cm³/mol. The highest BCUT2D eigenvalue weighted by molar-refractivity contribution is 6.30. The number of fused-ring (bicyclic) bond motifs is 2. The molecule has 0 saturated carbocycles. The number of halogens is 1. The summed E-state index contributed by atoms with van der Waals surface area (Å²) in [6.45, 7) is 2.64. The minimum Gasteiger partial charge on any atom is -0.306 e. The van der Waals surface area contributed by atoms with Crippen molar-refractivity contribution in [3.63, 3.8) is 0 Å². The van der Waals surface area contributed by atoms with E-state index in [0.717, 1.165) is 29.0 Å². The Hall–Kier alpha value is -3.45. The minimum atomic E-state index is 0.0395. The number of ketones is 1. The normalized spacial score (nSPS) is 11.5. The van der Waals surface area contributed by atoms with Crippen molar-refractivity contribution in [3.8, 4) is 0 Å². The molecular weight excluding hydrogens is 412 g/mol. The van der Waals surface area contributed by atoms with Gasteiger partial charge in [-0.15, -0.1) is 0 Å². The molecule has 0 aliphatic carbocycles. The maximum atomic E-state index is 12.7. The smallest absolute Gasteiger partial charge is 0.166 e. The Morgan fingerprint density at radius 2 is 2.10 bits per heavy atom. The number of nitrogens with zero attached hydrogens (tertiary/aromatic N) is 6. The van der Waals surface area contributed by atoms with Crippen LogP contribution in [0, 0.1) is 0 Å². The third-order valence-corrected chi connectivity index (χ3v) is 5.67. The van der Waals surface area contributed by atoms with Crippen LogP contribution in [0.15, 0.2) is 61.4 Å². The molecule has 5 aromatic heterocycles. The van der Waals surface area contributed by atoms with E-state index >= 15 is 0 Å². The predicted octanol–water partition coefficient (Wildman–Crippen LogP) is 4.26. The largest absolute Gasteiger partial charge is 0.306 e. The van der Waals surface area contributed by atoms with Gasteiger partial charge in [0.15, 0.2) is 5.78 Å². The SMILES string of the molecule is CCc1cccc2nc(Cn3cc(C(=O)CCc4ncn5ccc(Cl)cc45)cn3)cn12. The Balaban J connectivity index is 1.27. The third kappa shape index (κ3) is 3.84. The lowest BCUT2D eigenvalue weighted by molar-refractivity contribution is 0.0982. The fraction of sp³-hybridized carbons (Fsp3) is 0.217. The topological polar surface area (TPSA) is 69.5 Å². The summed E-state index contributed by atoms with van der Waals surface area (Å²) >= 11 is 6.09. The quantitative estimate of drug-likeness (QED) is 0.360. The maximum Gasteiger partial charge on any atom is 0.166 e. The number of carbonyl (C=O) groups excluding carboxylic acids is 1. The van der Waals surface area contributed by atoms with Crippen LogP contribution in [0.5, 0.6) is 0 Å². The van der Waals surface area contributed by atoms with Crippen molar-refractivity contribution in [3.05, 3.63) is 89.1 Å². The van der Waals surface area contributed by atoms with Crippen molar-refractivity contribution in [2.24, 2.45) is 0 Å². The first kappa shape index (κ1) is 19.5. The average Bonchev–Trinajstić information content (AvgIpc) is 3.49. The van der Waals surface area contributed by atoms with Crippen molar-refractivity contribution in [1.82, 2.24) is 28.5 Å². The molecule has 0 unspecified atom stereocenters. The van der Waals surface area contributed by atoms with E-state index < -0.39 is 0 Å².